The van der Waals surface area contributed by atoms with Gasteiger partial charge in [0.05, 0.1) is 12.1 Å². The van der Waals surface area contributed by atoms with E-state index in [0.29, 0.717) is 24.2 Å². The molecule has 6 heteroatoms. The number of aromatic nitrogens is 3. The lowest BCUT2D eigenvalue weighted by molar-refractivity contribution is 0.0724. The molecule has 1 N–H and O–H groups in total. The number of fused-ring (bicyclic) bond motifs is 1. The molecule has 3 aromatic rings. The Labute approximate surface area is 146 Å². The standard InChI is InChI=1S/C19H22N4O2/c1-2-23-18-9-8-16(14-17(18)20-21-23)19(25)22(12-13-24)11-10-15-6-4-3-5-7-15/h3-9,14,24H,2,10-13H2,1H3. The number of nitrogens with zero attached hydrogens (tertiary/aromatic N) is 4. The number of amides is 1. The average Bonchev–Trinajstić information content (AvgIpc) is 3.07. The van der Waals surface area contributed by atoms with E-state index in [4.69, 9.17) is 0 Å². The zero-order chi connectivity index (χ0) is 17.6. The molecule has 0 radical (unpaired) electrons. The van der Waals surface area contributed by atoms with E-state index in [1.165, 1.54) is 5.56 Å². The third-order valence-electron chi connectivity index (χ3n) is 4.23. The van der Waals surface area contributed by atoms with Gasteiger partial charge in [-0.3, -0.25) is 4.79 Å². The second kappa shape index (κ2) is 7.90. The van der Waals surface area contributed by atoms with Crippen molar-refractivity contribution >= 4 is 16.9 Å². The summed E-state index contributed by atoms with van der Waals surface area (Å²) in [5, 5.41) is 17.5. The molecule has 0 saturated heterocycles. The van der Waals surface area contributed by atoms with Crippen LogP contribution in [-0.2, 0) is 13.0 Å². The number of benzene rings is 2. The van der Waals surface area contributed by atoms with Crippen LogP contribution < -0.4 is 0 Å². The van der Waals surface area contributed by atoms with Crippen LogP contribution in [0, 0.1) is 0 Å². The van der Waals surface area contributed by atoms with Crippen LogP contribution in [0.15, 0.2) is 48.5 Å². The largest absolute Gasteiger partial charge is 0.395 e. The van der Waals surface area contributed by atoms with Crippen molar-refractivity contribution in [3.8, 4) is 0 Å². The Balaban J connectivity index is 1.77. The highest BCUT2D eigenvalue weighted by Crippen LogP contribution is 2.15. The van der Waals surface area contributed by atoms with Crippen LogP contribution in [0.3, 0.4) is 0 Å². The smallest absolute Gasteiger partial charge is 0.254 e. The molecular weight excluding hydrogens is 316 g/mol. The summed E-state index contributed by atoms with van der Waals surface area (Å²) >= 11 is 0. The maximum atomic E-state index is 12.8. The summed E-state index contributed by atoms with van der Waals surface area (Å²) in [6.45, 7) is 3.54. The van der Waals surface area contributed by atoms with Crippen LogP contribution in [0.4, 0.5) is 0 Å². The minimum atomic E-state index is -0.0991. The van der Waals surface area contributed by atoms with Crippen LogP contribution >= 0.6 is 0 Å². The summed E-state index contributed by atoms with van der Waals surface area (Å²) in [6.07, 6.45) is 0.751. The summed E-state index contributed by atoms with van der Waals surface area (Å²) in [7, 11) is 0. The van der Waals surface area contributed by atoms with E-state index in [0.717, 1.165) is 18.5 Å². The van der Waals surface area contributed by atoms with Gasteiger partial charge in [0.1, 0.15) is 5.52 Å². The van der Waals surface area contributed by atoms with E-state index >= 15 is 0 Å². The van der Waals surface area contributed by atoms with Gasteiger partial charge >= 0.3 is 0 Å². The minimum Gasteiger partial charge on any atom is -0.395 e. The van der Waals surface area contributed by atoms with Gasteiger partial charge in [-0.15, -0.1) is 5.10 Å². The zero-order valence-electron chi connectivity index (χ0n) is 14.3. The lowest BCUT2D eigenvalue weighted by Gasteiger charge is -2.22. The van der Waals surface area contributed by atoms with Gasteiger partial charge in [0, 0.05) is 25.2 Å². The molecule has 1 aromatic heterocycles. The molecule has 1 heterocycles. The molecule has 0 spiro atoms. The molecule has 2 aromatic carbocycles. The van der Waals surface area contributed by atoms with Gasteiger partial charge in [0.2, 0.25) is 0 Å². The van der Waals surface area contributed by atoms with E-state index in [1.807, 2.05) is 43.3 Å². The van der Waals surface area contributed by atoms with Gasteiger partial charge in [-0.1, -0.05) is 35.5 Å². The Bertz CT molecular complexity index is 845. The summed E-state index contributed by atoms with van der Waals surface area (Å²) in [4.78, 5) is 14.5. The predicted octanol–water partition coefficient (Wildman–Crippen LogP) is 2.13. The highest BCUT2D eigenvalue weighted by molar-refractivity contribution is 5.97. The SMILES string of the molecule is CCn1nnc2cc(C(=O)N(CCO)CCc3ccccc3)ccc21. The highest BCUT2D eigenvalue weighted by atomic mass is 16.3. The lowest BCUT2D eigenvalue weighted by Crippen LogP contribution is -2.35. The molecule has 0 unspecified atom stereocenters. The molecule has 0 fully saturated rings. The van der Waals surface area contributed by atoms with Crippen molar-refractivity contribution in [1.82, 2.24) is 19.9 Å². The van der Waals surface area contributed by atoms with Gasteiger partial charge in [-0.2, -0.15) is 0 Å². The van der Waals surface area contributed by atoms with Crippen LogP contribution in [-0.4, -0.2) is 50.6 Å². The third kappa shape index (κ3) is 3.85. The van der Waals surface area contributed by atoms with Crippen molar-refractivity contribution in [1.29, 1.82) is 0 Å². The van der Waals surface area contributed by atoms with Crippen LogP contribution in [0.5, 0.6) is 0 Å². The van der Waals surface area contributed by atoms with Crippen molar-refractivity contribution in [3.05, 3.63) is 59.7 Å². The van der Waals surface area contributed by atoms with Gasteiger partial charge in [-0.25, -0.2) is 4.68 Å². The number of hydrogen-bond acceptors (Lipinski definition) is 4. The zero-order valence-corrected chi connectivity index (χ0v) is 14.3. The maximum absolute atomic E-state index is 12.8. The van der Waals surface area contributed by atoms with Crippen LogP contribution in [0.25, 0.3) is 11.0 Å². The van der Waals surface area contributed by atoms with E-state index in [-0.39, 0.29) is 12.5 Å². The second-order valence-corrected chi connectivity index (χ2v) is 5.86. The highest BCUT2D eigenvalue weighted by Gasteiger charge is 2.17. The normalized spacial score (nSPS) is 11.0. The quantitative estimate of drug-likeness (QED) is 0.716. The molecule has 0 aliphatic rings. The number of hydrogen-bond donors (Lipinski definition) is 1. The monoisotopic (exact) mass is 338 g/mol. The fraction of sp³-hybridized carbons (Fsp3) is 0.316. The Morgan fingerprint density at radius 1 is 1.16 bits per heavy atom. The molecule has 130 valence electrons. The van der Waals surface area contributed by atoms with Crippen molar-refractivity contribution in [2.75, 3.05) is 19.7 Å². The van der Waals surface area contributed by atoms with Gasteiger partial charge < -0.3 is 10.0 Å². The first-order valence-electron chi connectivity index (χ1n) is 8.50. The first-order chi connectivity index (χ1) is 12.2. The fourth-order valence-corrected chi connectivity index (χ4v) is 2.87. The predicted molar refractivity (Wildman–Crippen MR) is 96.3 cm³/mol. The third-order valence-corrected chi connectivity index (χ3v) is 4.23. The molecule has 0 saturated carbocycles. The summed E-state index contributed by atoms with van der Waals surface area (Å²) in [5.41, 5.74) is 3.36. The molecule has 1 amide bonds. The molecule has 0 aliphatic heterocycles. The van der Waals surface area contributed by atoms with Crippen LogP contribution in [0.2, 0.25) is 0 Å². The molecule has 0 aliphatic carbocycles. The van der Waals surface area contributed by atoms with Gasteiger partial charge in [-0.05, 0) is 37.1 Å². The minimum absolute atomic E-state index is 0.0607. The van der Waals surface area contributed by atoms with E-state index < -0.39 is 0 Å². The van der Waals surface area contributed by atoms with Gasteiger partial charge in [0.15, 0.2) is 0 Å². The topological polar surface area (TPSA) is 71.2 Å². The Morgan fingerprint density at radius 3 is 2.68 bits per heavy atom. The van der Waals surface area contributed by atoms with Crippen molar-refractivity contribution in [3.63, 3.8) is 0 Å². The molecule has 0 bridgehead atoms. The molecule has 0 atom stereocenters. The van der Waals surface area contributed by atoms with Gasteiger partial charge in [0.25, 0.3) is 5.91 Å². The van der Waals surface area contributed by atoms with E-state index in [1.54, 1.807) is 21.7 Å². The van der Waals surface area contributed by atoms with Crippen molar-refractivity contribution in [2.45, 2.75) is 19.9 Å². The Morgan fingerprint density at radius 2 is 1.96 bits per heavy atom. The molecule has 25 heavy (non-hydrogen) atoms. The Kier molecular flexibility index (Phi) is 5.40. The number of aliphatic hydroxyl groups excluding tert-OH is 1. The van der Waals surface area contributed by atoms with E-state index in [2.05, 4.69) is 10.3 Å². The number of rotatable bonds is 7. The lowest BCUT2D eigenvalue weighted by atomic mass is 10.1. The number of carbonyl (C=O) groups is 1. The summed E-state index contributed by atoms with van der Waals surface area (Å²) in [6, 6.07) is 15.5. The second-order valence-electron chi connectivity index (χ2n) is 5.86. The number of aryl methyl sites for hydroxylation is 1. The first kappa shape index (κ1) is 17.1. The average molecular weight is 338 g/mol. The molecule has 6 nitrogen and oxygen atoms in total. The number of aliphatic hydroxyl groups is 1. The molecule has 3 rings (SSSR count). The number of carbonyl (C=O) groups excluding carboxylic acids is 1. The van der Waals surface area contributed by atoms with Crippen molar-refractivity contribution in [2.24, 2.45) is 0 Å². The first-order valence-corrected chi connectivity index (χ1v) is 8.50. The molecular formula is C19H22N4O2. The van der Waals surface area contributed by atoms with Crippen molar-refractivity contribution < 1.29 is 9.90 Å². The van der Waals surface area contributed by atoms with E-state index in [9.17, 15) is 9.90 Å². The summed E-state index contributed by atoms with van der Waals surface area (Å²) in [5.74, 6) is -0.0991. The summed E-state index contributed by atoms with van der Waals surface area (Å²) < 4.78 is 1.80. The Hall–Kier alpha value is -2.73. The van der Waals surface area contributed by atoms with Crippen LogP contribution in [0.1, 0.15) is 22.8 Å². The maximum Gasteiger partial charge on any atom is 0.254 e. The fourth-order valence-electron chi connectivity index (χ4n) is 2.87.